The fourth-order valence-corrected chi connectivity index (χ4v) is 3.55. The molecule has 1 saturated heterocycles. The van der Waals surface area contributed by atoms with Crippen LogP contribution in [-0.4, -0.2) is 56.4 Å². The first kappa shape index (κ1) is 18.8. The number of hydrogen-bond donors (Lipinski definition) is 0. The Morgan fingerprint density at radius 2 is 2.15 bits per heavy atom. The van der Waals surface area contributed by atoms with Gasteiger partial charge in [0.2, 0.25) is 5.91 Å². The predicted octanol–water partition coefficient (Wildman–Crippen LogP) is 2.89. The SMILES string of the molecule is CCN(CC)C(=O)C1CCCN1Cc1cn(-c2ccc(F)c(Cl)c2)nn1. The van der Waals surface area contributed by atoms with Gasteiger partial charge in [-0.1, -0.05) is 16.8 Å². The van der Waals surface area contributed by atoms with Gasteiger partial charge in [-0.3, -0.25) is 9.69 Å². The van der Waals surface area contributed by atoms with Crippen molar-refractivity contribution in [3.63, 3.8) is 0 Å². The van der Waals surface area contributed by atoms with E-state index in [2.05, 4.69) is 15.2 Å². The third-order valence-corrected chi connectivity index (χ3v) is 5.09. The summed E-state index contributed by atoms with van der Waals surface area (Å²) in [5, 5.41) is 8.34. The van der Waals surface area contributed by atoms with Crippen LogP contribution in [0.4, 0.5) is 4.39 Å². The molecule has 0 spiro atoms. The molecule has 1 amide bonds. The molecule has 6 nitrogen and oxygen atoms in total. The highest BCUT2D eigenvalue weighted by atomic mass is 35.5. The number of rotatable bonds is 6. The Labute approximate surface area is 157 Å². The number of likely N-dealkylation sites (tertiary alicyclic amines) is 1. The molecule has 2 aromatic rings. The lowest BCUT2D eigenvalue weighted by molar-refractivity contribution is -0.135. The van der Waals surface area contributed by atoms with E-state index in [-0.39, 0.29) is 17.0 Å². The molecular formula is C18H23ClFN5O. The molecule has 1 aromatic carbocycles. The van der Waals surface area contributed by atoms with Gasteiger partial charge in [-0.2, -0.15) is 0 Å². The maximum absolute atomic E-state index is 13.3. The Morgan fingerprint density at radius 3 is 2.85 bits per heavy atom. The molecule has 1 aliphatic rings. The number of carbonyl (C=O) groups excluding carboxylic acids is 1. The largest absolute Gasteiger partial charge is 0.342 e. The second-order valence-corrected chi connectivity index (χ2v) is 6.80. The molecule has 2 heterocycles. The van der Waals surface area contributed by atoms with E-state index in [9.17, 15) is 9.18 Å². The fraction of sp³-hybridized carbons (Fsp3) is 0.500. The van der Waals surface area contributed by atoms with E-state index >= 15 is 0 Å². The van der Waals surface area contributed by atoms with Crippen molar-refractivity contribution in [3.05, 3.63) is 40.9 Å². The van der Waals surface area contributed by atoms with Crippen molar-refractivity contribution in [2.24, 2.45) is 0 Å². The van der Waals surface area contributed by atoms with Crippen molar-refractivity contribution in [3.8, 4) is 5.69 Å². The van der Waals surface area contributed by atoms with Crippen LogP contribution < -0.4 is 0 Å². The first-order valence-electron chi connectivity index (χ1n) is 8.93. The highest BCUT2D eigenvalue weighted by Crippen LogP contribution is 2.22. The predicted molar refractivity (Wildman–Crippen MR) is 97.7 cm³/mol. The van der Waals surface area contributed by atoms with Gasteiger partial charge in [-0.25, -0.2) is 9.07 Å². The summed E-state index contributed by atoms with van der Waals surface area (Å²) >= 11 is 5.83. The zero-order valence-electron chi connectivity index (χ0n) is 15.0. The summed E-state index contributed by atoms with van der Waals surface area (Å²) in [6.07, 6.45) is 3.66. The molecule has 26 heavy (non-hydrogen) atoms. The van der Waals surface area contributed by atoms with Crippen LogP contribution in [0.3, 0.4) is 0 Å². The van der Waals surface area contributed by atoms with E-state index < -0.39 is 5.82 Å². The molecule has 1 atom stereocenters. The number of carbonyl (C=O) groups is 1. The molecule has 3 rings (SSSR count). The zero-order chi connectivity index (χ0) is 18.7. The van der Waals surface area contributed by atoms with Crippen molar-refractivity contribution in [1.82, 2.24) is 24.8 Å². The van der Waals surface area contributed by atoms with Gasteiger partial charge < -0.3 is 4.90 Å². The van der Waals surface area contributed by atoms with Crippen molar-refractivity contribution in [2.75, 3.05) is 19.6 Å². The molecule has 1 fully saturated rings. The van der Waals surface area contributed by atoms with Crippen LogP contribution in [0, 0.1) is 5.82 Å². The minimum atomic E-state index is -0.467. The normalized spacial score (nSPS) is 17.6. The van der Waals surface area contributed by atoms with E-state index in [0.717, 1.165) is 38.2 Å². The third kappa shape index (κ3) is 3.88. The van der Waals surface area contributed by atoms with Gasteiger partial charge >= 0.3 is 0 Å². The maximum atomic E-state index is 13.3. The Morgan fingerprint density at radius 1 is 1.38 bits per heavy atom. The summed E-state index contributed by atoms with van der Waals surface area (Å²) in [6.45, 7) is 6.88. The summed E-state index contributed by atoms with van der Waals surface area (Å²) in [6, 6.07) is 4.32. The Bertz CT molecular complexity index is 777. The molecule has 0 aliphatic carbocycles. The van der Waals surface area contributed by atoms with Gasteiger partial charge in [0.25, 0.3) is 0 Å². The number of aromatic nitrogens is 3. The van der Waals surface area contributed by atoms with Crippen molar-refractivity contribution in [2.45, 2.75) is 39.3 Å². The molecule has 1 unspecified atom stereocenters. The highest BCUT2D eigenvalue weighted by molar-refractivity contribution is 6.30. The average Bonchev–Trinajstić information content (AvgIpc) is 3.28. The van der Waals surface area contributed by atoms with Crippen molar-refractivity contribution in [1.29, 1.82) is 0 Å². The van der Waals surface area contributed by atoms with Gasteiger partial charge in [0.15, 0.2) is 0 Å². The molecule has 0 saturated carbocycles. The van der Waals surface area contributed by atoms with Crippen LogP contribution in [0.5, 0.6) is 0 Å². The zero-order valence-corrected chi connectivity index (χ0v) is 15.8. The Balaban J connectivity index is 1.72. The monoisotopic (exact) mass is 379 g/mol. The topological polar surface area (TPSA) is 54.3 Å². The summed E-state index contributed by atoms with van der Waals surface area (Å²) in [5.41, 5.74) is 1.41. The van der Waals surface area contributed by atoms with E-state index in [1.165, 1.54) is 12.1 Å². The van der Waals surface area contributed by atoms with Crippen LogP contribution >= 0.6 is 11.6 Å². The first-order chi connectivity index (χ1) is 12.5. The van der Waals surface area contributed by atoms with Crippen LogP contribution in [0.2, 0.25) is 5.02 Å². The average molecular weight is 380 g/mol. The number of halogens is 2. The first-order valence-corrected chi connectivity index (χ1v) is 9.30. The summed E-state index contributed by atoms with van der Waals surface area (Å²) in [5.74, 6) is -0.282. The second-order valence-electron chi connectivity index (χ2n) is 6.39. The van der Waals surface area contributed by atoms with E-state index in [1.54, 1.807) is 16.9 Å². The van der Waals surface area contributed by atoms with Gasteiger partial charge in [-0.05, 0) is 51.4 Å². The molecule has 1 aliphatic heterocycles. The molecule has 140 valence electrons. The standard InChI is InChI=1S/C18H23ClFN5O/c1-3-23(4-2)18(26)17-6-5-9-24(17)11-13-12-25(22-21-13)14-7-8-16(20)15(19)10-14/h7-8,10,12,17H,3-6,9,11H2,1-2H3. The molecule has 1 aromatic heterocycles. The van der Waals surface area contributed by atoms with Crippen molar-refractivity contribution < 1.29 is 9.18 Å². The van der Waals surface area contributed by atoms with E-state index in [0.29, 0.717) is 12.2 Å². The summed E-state index contributed by atoms with van der Waals surface area (Å²) < 4.78 is 14.9. The van der Waals surface area contributed by atoms with Gasteiger partial charge in [0.05, 0.1) is 28.6 Å². The third-order valence-electron chi connectivity index (χ3n) is 4.80. The number of amides is 1. The van der Waals surface area contributed by atoms with Gasteiger partial charge in [-0.15, -0.1) is 5.10 Å². The summed E-state index contributed by atoms with van der Waals surface area (Å²) in [4.78, 5) is 16.7. The minimum Gasteiger partial charge on any atom is -0.342 e. The summed E-state index contributed by atoms with van der Waals surface area (Å²) in [7, 11) is 0. The lowest BCUT2D eigenvalue weighted by Crippen LogP contribution is -2.45. The van der Waals surface area contributed by atoms with E-state index in [4.69, 9.17) is 11.6 Å². The Hall–Kier alpha value is -1.99. The van der Waals surface area contributed by atoms with Crippen LogP contribution in [0.1, 0.15) is 32.4 Å². The number of benzene rings is 1. The maximum Gasteiger partial charge on any atom is 0.239 e. The molecule has 0 N–H and O–H groups in total. The molecule has 0 radical (unpaired) electrons. The lowest BCUT2D eigenvalue weighted by Gasteiger charge is -2.28. The molecular weight excluding hydrogens is 357 g/mol. The number of hydrogen-bond acceptors (Lipinski definition) is 4. The van der Waals surface area contributed by atoms with Crippen molar-refractivity contribution >= 4 is 17.5 Å². The number of nitrogens with zero attached hydrogens (tertiary/aromatic N) is 5. The quantitative estimate of drug-likeness (QED) is 0.774. The Kier molecular flexibility index (Phi) is 5.88. The molecule has 8 heteroatoms. The fourth-order valence-electron chi connectivity index (χ4n) is 3.37. The molecule has 0 bridgehead atoms. The highest BCUT2D eigenvalue weighted by Gasteiger charge is 2.33. The lowest BCUT2D eigenvalue weighted by atomic mass is 10.2. The smallest absolute Gasteiger partial charge is 0.239 e. The van der Waals surface area contributed by atoms with Gasteiger partial charge in [0.1, 0.15) is 5.82 Å². The van der Waals surface area contributed by atoms with Crippen LogP contribution in [0.15, 0.2) is 24.4 Å². The minimum absolute atomic E-state index is 0.0453. The van der Waals surface area contributed by atoms with Gasteiger partial charge in [0, 0.05) is 19.6 Å². The number of likely N-dealkylation sites (N-methyl/N-ethyl adjacent to an activating group) is 1. The second kappa shape index (κ2) is 8.14. The van der Waals surface area contributed by atoms with Crippen LogP contribution in [-0.2, 0) is 11.3 Å². The van der Waals surface area contributed by atoms with Crippen LogP contribution in [0.25, 0.3) is 5.69 Å². The van der Waals surface area contributed by atoms with E-state index in [1.807, 2.05) is 18.7 Å².